The fourth-order valence-corrected chi connectivity index (χ4v) is 5.87. The zero-order valence-corrected chi connectivity index (χ0v) is 22.6. The molecule has 3 aromatic rings. The molecule has 2 fully saturated rings. The van der Waals surface area contributed by atoms with E-state index in [0.29, 0.717) is 78.6 Å². The number of pyridine rings is 1. The molecule has 0 radical (unpaired) electrons. The lowest BCUT2D eigenvalue weighted by Gasteiger charge is -2.37. The molecule has 4 heterocycles. The summed E-state index contributed by atoms with van der Waals surface area (Å²) in [5, 5.41) is 0. The first-order valence-corrected chi connectivity index (χ1v) is 13.8. The Balaban J connectivity index is 1.44. The van der Waals surface area contributed by atoms with Gasteiger partial charge >= 0.3 is 0 Å². The number of amides is 1. The number of aromatic nitrogens is 2. The number of rotatable bonds is 8. The van der Waals surface area contributed by atoms with Crippen molar-refractivity contribution in [3.63, 3.8) is 0 Å². The van der Waals surface area contributed by atoms with Crippen LogP contribution in [0.1, 0.15) is 18.9 Å². The van der Waals surface area contributed by atoms with Crippen LogP contribution in [0.25, 0.3) is 11.7 Å². The number of ether oxygens (including phenoxy) is 1. The van der Waals surface area contributed by atoms with E-state index < -0.39 is 0 Å². The minimum absolute atomic E-state index is 0.207. The summed E-state index contributed by atoms with van der Waals surface area (Å²) in [7, 11) is 0. The van der Waals surface area contributed by atoms with Crippen LogP contribution in [0.3, 0.4) is 0 Å². The van der Waals surface area contributed by atoms with Gasteiger partial charge in [-0.2, -0.15) is 0 Å². The number of piperazine rings is 1. The van der Waals surface area contributed by atoms with Gasteiger partial charge in [-0.15, -0.1) is 0 Å². The van der Waals surface area contributed by atoms with E-state index in [-0.39, 0.29) is 17.3 Å². The number of hydrogen-bond donors (Lipinski definition) is 0. The van der Waals surface area contributed by atoms with Crippen LogP contribution in [0.15, 0.2) is 58.4 Å². The molecule has 1 aromatic carbocycles. The molecular weight excluding hydrogens is 525 g/mol. The number of fused-ring (bicyclic) bond motifs is 1. The monoisotopic (exact) mass is 553 g/mol. The Labute approximate surface area is 229 Å². The van der Waals surface area contributed by atoms with Crippen molar-refractivity contribution >= 4 is 57.4 Å². The van der Waals surface area contributed by atoms with Gasteiger partial charge in [-0.25, -0.2) is 9.37 Å². The van der Waals surface area contributed by atoms with E-state index in [1.54, 1.807) is 41.4 Å². The number of nitrogens with zero attached hydrogens (tertiary/aromatic N) is 5. The molecule has 0 spiro atoms. The van der Waals surface area contributed by atoms with Crippen LogP contribution >= 0.6 is 24.0 Å². The summed E-state index contributed by atoms with van der Waals surface area (Å²) in [4.78, 5) is 37.9. The Morgan fingerprint density at radius 3 is 2.55 bits per heavy atom. The van der Waals surface area contributed by atoms with Gasteiger partial charge in [0.25, 0.3) is 11.5 Å². The highest BCUT2D eigenvalue weighted by atomic mass is 32.2. The van der Waals surface area contributed by atoms with Gasteiger partial charge in [0.1, 0.15) is 21.6 Å². The summed E-state index contributed by atoms with van der Waals surface area (Å²) in [5.41, 5.74) is 1.60. The van der Waals surface area contributed by atoms with Gasteiger partial charge in [-0.3, -0.25) is 18.9 Å². The molecule has 0 atom stereocenters. The van der Waals surface area contributed by atoms with Gasteiger partial charge in [0, 0.05) is 57.8 Å². The molecule has 1 amide bonds. The van der Waals surface area contributed by atoms with E-state index in [1.807, 2.05) is 13.0 Å². The third-order valence-electron chi connectivity index (χ3n) is 6.54. The molecule has 0 N–H and O–H groups in total. The van der Waals surface area contributed by atoms with Gasteiger partial charge in [-0.1, -0.05) is 30.0 Å². The normalized spacial score (nSPS) is 17.3. The van der Waals surface area contributed by atoms with Crippen LogP contribution in [0.2, 0.25) is 0 Å². The molecule has 2 aliphatic rings. The van der Waals surface area contributed by atoms with Crippen molar-refractivity contribution in [1.29, 1.82) is 0 Å². The summed E-state index contributed by atoms with van der Waals surface area (Å²) >= 11 is 6.68. The molecule has 0 unspecified atom stereocenters. The zero-order valence-electron chi connectivity index (χ0n) is 21.0. The predicted molar refractivity (Wildman–Crippen MR) is 153 cm³/mol. The summed E-state index contributed by atoms with van der Waals surface area (Å²) in [6.45, 7) is 6.17. The smallest absolute Gasteiger partial charge is 0.267 e. The second-order valence-corrected chi connectivity index (χ2v) is 10.6. The first kappa shape index (κ1) is 26.3. The van der Waals surface area contributed by atoms with Crippen molar-refractivity contribution < 1.29 is 13.9 Å². The van der Waals surface area contributed by atoms with Crippen LogP contribution in [0.4, 0.5) is 15.9 Å². The van der Waals surface area contributed by atoms with Gasteiger partial charge in [0.15, 0.2) is 0 Å². The van der Waals surface area contributed by atoms with E-state index >= 15 is 0 Å². The van der Waals surface area contributed by atoms with Crippen molar-refractivity contribution in [1.82, 2.24) is 14.3 Å². The number of carbonyl (C=O) groups is 1. The Bertz CT molecular complexity index is 1430. The maximum Gasteiger partial charge on any atom is 0.267 e. The van der Waals surface area contributed by atoms with Crippen molar-refractivity contribution in [3.05, 3.63) is 75.3 Å². The minimum atomic E-state index is -0.266. The Morgan fingerprint density at radius 1 is 1.08 bits per heavy atom. The number of halogens is 1. The SMILES string of the molecule is CCOCCCN1C(=O)/C(=C/c2c(N3CCN(c4ccc(F)cc4)CC3)nc3ccccn3c2=O)SC1=S. The number of benzene rings is 1. The highest BCUT2D eigenvalue weighted by Crippen LogP contribution is 2.34. The van der Waals surface area contributed by atoms with Crippen molar-refractivity contribution in [3.8, 4) is 0 Å². The molecule has 0 bridgehead atoms. The van der Waals surface area contributed by atoms with E-state index in [0.717, 1.165) is 5.69 Å². The topological polar surface area (TPSA) is 70.4 Å². The Kier molecular flexibility index (Phi) is 8.06. The maximum absolute atomic E-state index is 13.6. The fraction of sp³-hybridized carbons (Fsp3) is 0.333. The van der Waals surface area contributed by atoms with E-state index in [2.05, 4.69) is 9.80 Å². The molecule has 0 aliphatic carbocycles. The predicted octanol–water partition coefficient (Wildman–Crippen LogP) is 3.79. The first-order chi connectivity index (χ1) is 18.5. The van der Waals surface area contributed by atoms with Crippen LogP contribution in [0, 0.1) is 5.82 Å². The minimum Gasteiger partial charge on any atom is -0.382 e. The standard InChI is InChI=1S/C27H28FN5O3S2/c1-2-36-17-5-12-33-26(35)22(38-27(33)37)18-21-24(29-23-6-3-4-11-32(23)25(21)34)31-15-13-30(14-16-31)20-9-7-19(28)8-10-20/h3-4,6-11,18H,2,5,12-17H2,1H3/b22-18-. The molecule has 2 aromatic heterocycles. The number of thioether (sulfide) groups is 1. The average molecular weight is 554 g/mol. The molecule has 38 heavy (non-hydrogen) atoms. The molecule has 2 aliphatic heterocycles. The van der Waals surface area contributed by atoms with Crippen LogP contribution in [0.5, 0.6) is 0 Å². The second-order valence-electron chi connectivity index (χ2n) is 8.92. The van der Waals surface area contributed by atoms with Crippen LogP contribution < -0.4 is 15.4 Å². The molecule has 2 saturated heterocycles. The van der Waals surface area contributed by atoms with Crippen molar-refractivity contribution in [2.75, 3.05) is 55.7 Å². The van der Waals surface area contributed by atoms with Crippen LogP contribution in [-0.4, -0.2) is 70.4 Å². The van der Waals surface area contributed by atoms with E-state index in [9.17, 15) is 14.0 Å². The van der Waals surface area contributed by atoms with Gasteiger partial charge in [0.2, 0.25) is 0 Å². The summed E-state index contributed by atoms with van der Waals surface area (Å²) in [5.74, 6) is 0.0697. The highest BCUT2D eigenvalue weighted by molar-refractivity contribution is 8.26. The Morgan fingerprint density at radius 2 is 1.82 bits per heavy atom. The molecule has 11 heteroatoms. The summed E-state index contributed by atoms with van der Waals surface area (Å²) < 4.78 is 20.7. The summed E-state index contributed by atoms with van der Waals surface area (Å²) in [6, 6.07) is 11.9. The number of anilines is 2. The first-order valence-electron chi connectivity index (χ1n) is 12.6. The quantitative estimate of drug-likeness (QED) is 0.237. The average Bonchev–Trinajstić information content (AvgIpc) is 3.20. The fourth-order valence-electron chi connectivity index (χ4n) is 4.58. The second kappa shape index (κ2) is 11.6. The van der Waals surface area contributed by atoms with E-state index in [1.165, 1.54) is 28.3 Å². The molecule has 198 valence electrons. The largest absolute Gasteiger partial charge is 0.382 e. The number of thiocarbonyl (C=S) groups is 1. The van der Waals surface area contributed by atoms with Gasteiger partial charge < -0.3 is 14.5 Å². The van der Waals surface area contributed by atoms with Crippen molar-refractivity contribution in [2.45, 2.75) is 13.3 Å². The van der Waals surface area contributed by atoms with Gasteiger partial charge in [0.05, 0.1) is 10.5 Å². The lowest BCUT2D eigenvalue weighted by Crippen LogP contribution is -2.47. The third-order valence-corrected chi connectivity index (χ3v) is 7.92. The molecule has 0 saturated carbocycles. The maximum atomic E-state index is 13.6. The third kappa shape index (κ3) is 5.45. The number of carbonyl (C=O) groups excluding carboxylic acids is 1. The Hall–Kier alpha value is -3.28. The molecule has 8 nitrogen and oxygen atoms in total. The van der Waals surface area contributed by atoms with E-state index in [4.69, 9.17) is 21.9 Å². The van der Waals surface area contributed by atoms with Crippen LogP contribution in [-0.2, 0) is 9.53 Å². The van der Waals surface area contributed by atoms with Gasteiger partial charge in [-0.05, 0) is 55.8 Å². The number of hydrogen-bond acceptors (Lipinski definition) is 8. The molecular formula is C27H28FN5O3S2. The van der Waals surface area contributed by atoms with Crippen molar-refractivity contribution in [2.24, 2.45) is 0 Å². The lowest BCUT2D eigenvalue weighted by molar-refractivity contribution is -0.122. The zero-order chi connectivity index (χ0) is 26.6. The lowest BCUT2D eigenvalue weighted by atomic mass is 10.2. The highest BCUT2D eigenvalue weighted by Gasteiger charge is 2.33. The summed E-state index contributed by atoms with van der Waals surface area (Å²) in [6.07, 6.45) is 3.99. The molecule has 5 rings (SSSR count).